The van der Waals surface area contributed by atoms with Crippen molar-refractivity contribution < 1.29 is 9.84 Å². The SMILES string of the molecule is CCC(CCO)CNCc1ccc(N2CCOCC2)cc1. The van der Waals surface area contributed by atoms with Crippen LogP contribution in [-0.2, 0) is 11.3 Å². The van der Waals surface area contributed by atoms with Crippen molar-refractivity contribution in [3.63, 3.8) is 0 Å². The summed E-state index contributed by atoms with van der Waals surface area (Å²) in [6.07, 6.45) is 2.00. The van der Waals surface area contributed by atoms with Gasteiger partial charge in [0.15, 0.2) is 0 Å². The van der Waals surface area contributed by atoms with Crippen LogP contribution >= 0.6 is 0 Å². The van der Waals surface area contributed by atoms with Crippen molar-refractivity contribution in [3.05, 3.63) is 29.8 Å². The van der Waals surface area contributed by atoms with Crippen LogP contribution in [0.2, 0.25) is 0 Å². The number of nitrogens with zero attached hydrogens (tertiary/aromatic N) is 1. The van der Waals surface area contributed by atoms with Crippen molar-refractivity contribution in [2.75, 3.05) is 44.4 Å². The maximum Gasteiger partial charge on any atom is 0.0642 e. The van der Waals surface area contributed by atoms with Gasteiger partial charge in [0.05, 0.1) is 13.2 Å². The van der Waals surface area contributed by atoms with E-state index in [1.165, 1.54) is 11.3 Å². The maximum atomic E-state index is 9.00. The first kappa shape index (κ1) is 16.3. The average molecular weight is 292 g/mol. The third-order valence-electron chi connectivity index (χ3n) is 4.19. The first-order valence-corrected chi connectivity index (χ1v) is 8.06. The molecule has 0 spiro atoms. The number of aliphatic hydroxyl groups is 1. The number of ether oxygens (including phenoxy) is 1. The predicted molar refractivity (Wildman–Crippen MR) is 86.7 cm³/mol. The molecule has 0 amide bonds. The Balaban J connectivity index is 1.76. The van der Waals surface area contributed by atoms with E-state index in [0.29, 0.717) is 5.92 Å². The summed E-state index contributed by atoms with van der Waals surface area (Å²) in [6.45, 7) is 7.95. The highest BCUT2D eigenvalue weighted by molar-refractivity contribution is 5.47. The Labute approximate surface area is 128 Å². The summed E-state index contributed by atoms with van der Waals surface area (Å²) in [4.78, 5) is 2.37. The van der Waals surface area contributed by atoms with E-state index in [1.807, 2.05) is 0 Å². The smallest absolute Gasteiger partial charge is 0.0642 e. The molecule has 4 heteroatoms. The van der Waals surface area contributed by atoms with Crippen LogP contribution in [0.15, 0.2) is 24.3 Å². The number of morpholine rings is 1. The minimum atomic E-state index is 0.286. The maximum absolute atomic E-state index is 9.00. The molecule has 1 fully saturated rings. The Morgan fingerprint density at radius 2 is 1.95 bits per heavy atom. The van der Waals surface area contributed by atoms with Crippen LogP contribution < -0.4 is 10.2 Å². The summed E-state index contributed by atoms with van der Waals surface area (Å²) in [5, 5.41) is 12.5. The van der Waals surface area contributed by atoms with Crippen molar-refractivity contribution in [1.29, 1.82) is 0 Å². The molecule has 0 radical (unpaired) electrons. The second-order valence-corrected chi connectivity index (χ2v) is 5.68. The van der Waals surface area contributed by atoms with E-state index in [0.717, 1.165) is 52.2 Å². The van der Waals surface area contributed by atoms with Crippen LogP contribution in [0, 0.1) is 5.92 Å². The Kier molecular flexibility index (Phi) is 7.00. The van der Waals surface area contributed by atoms with Crippen molar-refractivity contribution in [2.45, 2.75) is 26.3 Å². The van der Waals surface area contributed by atoms with Crippen molar-refractivity contribution in [2.24, 2.45) is 5.92 Å². The molecule has 2 rings (SSSR count). The van der Waals surface area contributed by atoms with Crippen LogP contribution in [0.1, 0.15) is 25.3 Å². The lowest BCUT2D eigenvalue weighted by Gasteiger charge is -2.29. The van der Waals surface area contributed by atoms with Crippen molar-refractivity contribution in [3.8, 4) is 0 Å². The summed E-state index contributed by atoms with van der Waals surface area (Å²) >= 11 is 0. The third kappa shape index (κ3) is 5.30. The molecule has 0 bridgehead atoms. The molecular weight excluding hydrogens is 264 g/mol. The van der Waals surface area contributed by atoms with Gasteiger partial charge in [0.2, 0.25) is 0 Å². The number of aliphatic hydroxyl groups excluding tert-OH is 1. The van der Waals surface area contributed by atoms with Gasteiger partial charge in [-0.1, -0.05) is 25.5 Å². The van der Waals surface area contributed by atoms with Crippen LogP contribution in [0.4, 0.5) is 5.69 Å². The van der Waals surface area contributed by atoms with Gasteiger partial charge < -0.3 is 20.1 Å². The van der Waals surface area contributed by atoms with Gasteiger partial charge in [0.25, 0.3) is 0 Å². The summed E-state index contributed by atoms with van der Waals surface area (Å²) in [5.74, 6) is 0.572. The van der Waals surface area contributed by atoms with Crippen LogP contribution in [0.5, 0.6) is 0 Å². The van der Waals surface area contributed by atoms with Crippen LogP contribution in [0.3, 0.4) is 0 Å². The molecule has 0 aromatic heterocycles. The highest BCUT2D eigenvalue weighted by atomic mass is 16.5. The summed E-state index contributed by atoms with van der Waals surface area (Å²) in [5.41, 5.74) is 2.60. The quantitative estimate of drug-likeness (QED) is 0.769. The lowest BCUT2D eigenvalue weighted by atomic mass is 10.0. The van der Waals surface area contributed by atoms with Gasteiger partial charge in [0, 0.05) is 31.9 Å². The van der Waals surface area contributed by atoms with Gasteiger partial charge in [-0.2, -0.15) is 0 Å². The van der Waals surface area contributed by atoms with Gasteiger partial charge in [-0.25, -0.2) is 0 Å². The summed E-state index contributed by atoms with van der Waals surface area (Å²) < 4.78 is 5.38. The molecule has 1 unspecified atom stereocenters. The number of nitrogens with one attached hydrogen (secondary N) is 1. The second-order valence-electron chi connectivity index (χ2n) is 5.68. The molecule has 1 heterocycles. The molecule has 0 saturated carbocycles. The lowest BCUT2D eigenvalue weighted by molar-refractivity contribution is 0.122. The van der Waals surface area contributed by atoms with E-state index in [2.05, 4.69) is 41.4 Å². The summed E-state index contributed by atoms with van der Waals surface area (Å²) in [6, 6.07) is 8.80. The fourth-order valence-corrected chi connectivity index (χ4v) is 2.70. The van der Waals surface area contributed by atoms with Gasteiger partial charge >= 0.3 is 0 Å². The van der Waals surface area contributed by atoms with Crippen LogP contribution in [0.25, 0.3) is 0 Å². The van der Waals surface area contributed by atoms with E-state index < -0.39 is 0 Å². The number of hydrogen-bond donors (Lipinski definition) is 2. The molecule has 1 aromatic carbocycles. The Hall–Kier alpha value is -1.10. The zero-order chi connectivity index (χ0) is 14.9. The molecule has 1 aliphatic heterocycles. The zero-order valence-electron chi connectivity index (χ0n) is 13.1. The third-order valence-corrected chi connectivity index (χ3v) is 4.19. The van der Waals surface area contributed by atoms with E-state index in [9.17, 15) is 0 Å². The second kappa shape index (κ2) is 9.03. The predicted octanol–water partition coefficient (Wildman–Crippen LogP) is 2.02. The molecule has 118 valence electrons. The van der Waals surface area contributed by atoms with Crippen molar-refractivity contribution in [1.82, 2.24) is 5.32 Å². The molecule has 4 nitrogen and oxygen atoms in total. The van der Waals surface area contributed by atoms with E-state index in [4.69, 9.17) is 9.84 Å². The monoisotopic (exact) mass is 292 g/mol. The first-order chi connectivity index (χ1) is 10.3. The van der Waals surface area contributed by atoms with Gasteiger partial charge in [-0.3, -0.25) is 0 Å². The molecule has 1 aromatic rings. The summed E-state index contributed by atoms with van der Waals surface area (Å²) in [7, 11) is 0. The molecule has 2 N–H and O–H groups in total. The molecule has 21 heavy (non-hydrogen) atoms. The topological polar surface area (TPSA) is 44.7 Å². The van der Waals surface area contributed by atoms with Gasteiger partial charge in [-0.15, -0.1) is 0 Å². The number of anilines is 1. The molecule has 1 saturated heterocycles. The lowest BCUT2D eigenvalue weighted by Crippen LogP contribution is -2.36. The average Bonchev–Trinajstić information content (AvgIpc) is 2.55. The highest BCUT2D eigenvalue weighted by Crippen LogP contribution is 2.16. The highest BCUT2D eigenvalue weighted by Gasteiger charge is 2.10. The van der Waals surface area contributed by atoms with Crippen molar-refractivity contribution >= 4 is 5.69 Å². The number of benzene rings is 1. The fraction of sp³-hybridized carbons (Fsp3) is 0.647. The van der Waals surface area contributed by atoms with Gasteiger partial charge in [-0.05, 0) is 36.6 Å². The normalized spacial score (nSPS) is 17.0. The van der Waals surface area contributed by atoms with E-state index in [1.54, 1.807) is 0 Å². The first-order valence-electron chi connectivity index (χ1n) is 8.06. The molecule has 1 aliphatic rings. The van der Waals surface area contributed by atoms with E-state index in [-0.39, 0.29) is 6.61 Å². The van der Waals surface area contributed by atoms with Crippen LogP contribution in [-0.4, -0.2) is 44.6 Å². The number of rotatable bonds is 8. The zero-order valence-corrected chi connectivity index (χ0v) is 13.1. The minimum absolute atomic E-state index is 0.286. The number of hydrogen-bond acceptors (Lipinski definition) is 4. The van der Waals surface area contributed by atoms with E-state index >= 15 is 0 Å². The minimum Gasteiger partial charge on any atom is -0.396 e. The standard InChI is InChI=1S/C17H28N2O2/c1-2-15(7-10-20)13-18-14-16-3-5-17(6-4-16)19-8-11-21-12-9-19/h3-6,15,18,20H,2,7-14H2,1H3. The fourth-order valence-electron chi connectivity index (χ4n) is 2.70. The molecule has 0 aliphatic carbocycles. The molecule has 1 atom stereocenters. The largest absolute Gasteiger partial charge is 0.396 e. The Morgan fingerprint density at radius 1 is 1.24 bits per heavy atom. The Morgan fingerprint density at radius 3 is 2.57 bits per heavy atom. The van der Waals surface area contributed by atoms with Gasteiger partial charge in [0.1, 0.15) is 0 Å². The molecular formula is C17H28N2O2. The Bertz CT molecular complexity index is 388.